The smallest absolute Gasteiger partial charge is 0.269 e. The number of hydrogen-bond donors (Lipinski definition) is 0. The predicted molar refractivity (Wildman–Crippen MR) is 85.7 cm³/mol. The van der Waals surface area contributed by atoms with Crippen molar-refractivity contribution in [2.24, 2.45) is 0 Å². The number of nitro groups is 1. The maximum atomic E-state index is 12.4. The first kappa shape index (κ1) is 15.0. The summed E-state index contributed by atoms with van der Waals surface area (Å²) in [4.78, 5) is 24.3. The quantitative estimate of drug-likeness (QED) is 0.642. The van der Waals surface area contributed by atoms with Gasteiger partial charge in [0, 0.05) is 24.4 Å². The molecule has 3 rings (SSSR count). The molecule has 0 atom stereocenters. The zero-order chi connectivity index (χ0) is 16.2. The number of nitrogens with zero attached hydrogens (tertiary/aromatic N) is 2. The molecule has 1 aliphatic rings. The van der Waals surface area contributed by atoms with Crippen LogP contribution in [0, 0.1) is 10.1 Å². The van der Waals surface area contributed by atoms with Crippen molar-refractivity contribution in [1.29, 1.82) is 0 Å². The van der Waals surface area contributed by atoms with Crippen LogP contribution in [0.25, 0.3) is 0 Å². The molecule has 0 bridgehead atoms. The fraction of sp³-hybridized carbons (Fsp3) is 0.235. The first-order valence-electron chi connectivity index (χ1n) is 7.40. The molecule has 0 radical (unpaired) electrons. The zero-order valence-corrected chi connectivity index (χ0v) is 12.5. The number of amides is 1. The second kappa shape index (κ2) is 6.48. The number of aryl methyl sites for hydroxylation is 1. The Balaban J connectivity index is 1.65. The Morgan fingerprint density at radius 1 is 1.17 bits per heavy atom. The summed E-state index contributed by atoms with van der Waals surface area (Å²) in [5.74, 6) is 0.324. The van der Waals surface area contributed by atoms with Crippen LogP contribution in [0.4, 0.5) is 11.4 Å². The molecular weight excluding hydrogens is 296 g/mol. The first-order chi connectivity index (χ1) is 11.1. The van der Waals surface area contributed by atoms with E-state index in [1.807, 2.05) is 24.3 Å². The number of ether oxygens (including phenoxy) is 1. The van der Waals surface area contributed by atoms with Gasteiger partial charge in [-0.05, 0) is 36.6 Å². The number of fused-ring (bicyclic) bond motifs is 1. The minimum atomic E-state index is -0.473. The van der Waals surface area contributed by atoms with Crippen LogP contribution in [0.15, 0.2) is 48.5 Å². The van der Waals surface area contributed by atoms with Crippen molar-refractivity contribution < 1.29 is 14.5 Å². The SMILES string of the molecule is O=C(COc1ccc([N+](=O)[O-])cc1)N1CCCc2ccccc21. The van der Waals surface area contributed by atoms with Crippen molar-refractivity contribution in [2.75, 3.05) is 18.1 Å². The van der Waals surface area contributed by atoms with Gasteiger partial charge in [0.1, 0.15) is 5.75 Å². The highest BCUT2D eigenvalue weighted by Gasteiger charge is 2.22. The van der Waals surface area contributed by atoms with E-state index in [-0.39, 0.29) is 18.2 Å². The molecule has 0 N–H and O–H groups in total. The van der Waals surface area contributed by atoms with Crippen molar-refractivity contribution in [1.82, 2.24) is 0 Å². The van der Waals surface area contributed by atoms with Crippen molar-refractivity contribution in [2.45, 2.75) is 12.8 Å². The maximum Gasteiger partial charge on any atom is 0.269 e. The average Bonchev–Trinajstić information content (AvgIpc) is 2.59. The summed E-state index contributed by atoms with van der Waals surface area (Å²) >= 11 is 0. The lowest BCUT2D eigenvalue weighted by Gasteiger charge is -2.29. The lowest BCUT2D eigenvalue weighted by Crippen LogP contribution is -2.38. The van der Waals surface area contributed by atoms with E-state index in [0.29, 0.717) is 12.3 Å². The van der Waals surface area contributed by atoms with Crippen LogP contribution in [0.1, 0.15) is 12.0 Å². The van der Waals surface area contributed by atoms with E-state index >= 15 is 0 Å². The van der Waals surface area contributed by atoms with Gasteiger partial charge < -0.3 is 9.64 Å². The Hall–Kier alpha value is -2.89. The van der Waals surface area contributed by atoms with Crippen LogP contribution in [0.5, 0.6) is 5.75 Å². The minimum absolute atomic E-state index is 0.00589. The molecule has 6 heteroatoms. The second-order valence-electron chi connectivity index (χ2n) is 5.32. The van der Waals surface area contributed by atoms with E-state index in [1.54, 1.807) is 4.90 Å². The van der Waals surface area contributed by atoms with Gasteiger partial charge in [-0.2, -0.15) is 0 Å². The van der Waals surface area contributed by atoms with Gasteiger partial charge in [-0.15, -0.1) is 0 Å². The third-order valence-corrected chi connectivity index (χ3v) is 3.82. The summed E-state index contributed by atoms with van der Waals surface area (Å²) < 4.78 is 5.46. The number of para-hydroxylation sites is 1. The Labute approximate surface area is 133 Å². The fourth-order valence-corrected chi connectivity index (χ4v) is 2.68. The third kappa shape index (κ3) is 3.31. The van der Waals surface area contributed by atoms with Crippen LogP contribution < -0.4 is 9.64 Å². The molecule has 118 valence electrons. The monoisotopic (exact) mass is 312 g/mol. The van der Waals surface area contributed by atoms with Crippen molar-refractivity contribution >= 4 is 17.3 Å². The van der Waals surface area contributed by atoms with Crippen molar-refractivity contribution in [3.8, 4) is 5.75 Å². The van der Waals surface area contributed by atoms with Gasteiger partial charge in [0.25, 0.3) is 11.6 Å². The largest absolute Gasteiger partial charge is 0.484 e. The van der Waals surface area contributed by atoms with Gasteiger partial charge in [-0.1, -0.05) is 18.2 Å². The highest BCUT2D eigenvalue weighted by atomic mass is 16.6. The second-order valence-corrected chi connectivity index (χ2v) is 5.32. The van der Waals surface area contributed by atoms with E-state index in [0.717, 1.165) is 18.5 Å². The molecule has 1 amide bonds. The number of carbonyl (C=O) groups excluding carboxylic acids is 1. The minimum Gasteiger partial charge on any atom is -0.484 e. The third-order valence-electron chi connectivity index (χ3n) is 3.82. The normalized spacial score (nSPS) is 13.3. The topological polar surface area (TPSA) is 72.7 Å². The highest BCUT2D eigenvalue weighted by Crippen LogP contribution is 2.27. The Morgan fingerprint density at radius 3 is 2.65 bits per heavy atom. The Bertz CT molecular complexity index is 728. The summed E-state index contributed by atoms with van der Waals surface area (Å²) in [7, 11) is 0. The van der Waals surface area contributed by atoms with Gasteiger partial charge >= 0.3 is 0 Å². The van der Waals surface area contributed by atoms with Crippen LogP contribution in [-0.2, 0) is 11.2 Å². The molecule has 0 fully saturated rings. The number of rotatable bonds is 4. The number of hydrogen-bond acceptors (Lipinski definition) is 4. The van der Waals surface area contributed by atoms with E-state index in [2.05, 4.69) is 0 Å². The molecule has 0 unspecified atom stereocenters. The van der Waals surface area contributed by atoms with Gasteiger partial charge in [0.15, 0.2) is 6.61 Å². The Kier molecular flexibility index (Phi) is 4.23. The summed E-state index contributed by atoms with van der Waals surface area (Å²) in [5.41, 5.74) is 2.10. The first-order valence-corrected chi connectivity index (χ1v) is 7.40. The maximum absolute atomic E-state index is 12.4. The summed E-state index contributed by atoms with van der Waals surface area (Å²) in [5, 5.41) is 10.6. The van der Waals surface area contributed by atoms with Crippen LogP contribution in [0.3, 0.4) is 0 Å². The lowest BCUT2D eigenvalue weighted by molar-refractivity contribution is -0.384. The molecule has 1 heterocycles. The fourth-order valence-electron chi connectivity index (χ4n) is 2.68. The zero-order valence-electron chi connectivity index (χ0n) is 12.5. The molecule has 0 aliphatic carbocycles. The highest BCUT2D eigenvalue weighted by molar-refractivity contribution is 5.95. The van der Waals surface area contributed by atoms with E-state index in [1.165, 1.54) is 29.8 Å². The predicted octanol–water partition coefficient (Wildman–Crippen LogP) is 2.95. The molecule has 1 aliphatic heterocycles. The molecule has 6 nitrogen and oxygen atoms in total. The van der Waals surface area contributed by atoms with Gasteiger partial charge in [0.2, 0.25) is 0 Å². The average molecular weight is 312 g/mol. The standard InChI is InChI=1S/C17H16N2O4/c20-17(12-23-15-9-7-14(8-10-15)19(21)22)18-11-3-5-13-4-1-2-6-16(13)18/h1-2,4,6-10H,3,5,11-12H2. The molecule has 0 spiro atoms. The van der Waals surface area contributed by atoms with Crippen LogP contribution in [0.2, 0.25) is 0 Å². The van der Waals surface area contributed by atoms with Gasteiger partial charge in [-0.3, -0.25) is 14.9 Å². The van der Waals surface area contributed by atoms with Crippen molar-refractivity contribution in [3.63, 3.8) is 0 Å². The number of benzene rings is 2. The molecule has 23 heavy (non-hydrogen) atoms. The summed E-state index contributed by atoms with van der Waals surface area (Å²) in [6.45, 7) is 0.589. The van der Waals surface area contributed by atoms with E-state index in [9.17, 15) is 14.9 Å². The number of non-ortho nitro benzene ring substituents is 1. The number of nitro benzene ring substituents is 1. The Morgan fingerprint density at radius 2 is 1.91 bits per heavy atom. The molecular formula is C17H16N2O4. The molecule has 2 aromatic carbocycles. The van der Waals surface area contributed by atoms with Gasteiger partial charge in [-0.25, -0.2) is 0 Å². The van der Waals surface area contributed by atoms with E-state index in [4.69, 9.17) is 4.74 Å². The molecule has 0 saturated carbocycles. The number of anilines is 1. The summed E-state index contributed by atoms with van der Waals surface area (Å²) in [6, 6.07) is 13.6. The molecule has 0 aromatic heterocycles. The number of carbonyl (C=O) groups is 1. The lowest BCUT2D eigenvalue weighted by atomic mass is 10.0. The van der Waals surface area contributed by atoms with Crippen molar-refractivity contribution in [3.05, 3.63) is 64.2 Å². The van der Waals surface area contributed by atoms with Gasteiger partial charge in [0.05, 0.1) is 4.92 Å². The van der Waals surface area contributed by atoms with E-state index < -0.39 is 4.92 Å². The molecule has 0 saturated heterocycles. The summed E-state index contributed by atoms with van der Waals surface area (Å²) in [6.07, 6.45) is 1.91. The van der Waals surface area contributed by atoms with Crippen LogP contribution in [-0.4, -0.2) is 24.0 Å². The van der Waals surface area contributed by atoms with Crippen LogP contribution >= 0.6 is 0 Å². The molecule has 2 aromatic rings.